The van der Waals surface area contributed by atoms with E-state index in [4.69, 9.17) is 0 Å². The maximum absolute atomic E-state index is 13.8. The van der Waals surface area contributed by atoms with Crippen LogP contribution in [0.3, 0.4) is 0 Å². The number of alkyl halides is 3. The highest BCUT2D eigenvalue weighted by Gasteiger charge is 2.51. The summed E-state index contributed by atoms with van der Waals surface area (Å²) >= 11 is 0. The predicted octanol–water partition coefficient (Wildman–Crippen LogP) is 4.32. The van der Waals surface area contributed by atoms with E-state index >= 15 is 0 Å². The van der Waals surface area contributed by atoms with Crippen LogP contribution < -0.4 is 4.31 Å². The summed E-state index contributed by atoms with van der Waals surface area (Å²) in [7, 11) is -4.25. The van der Waals surface area contributed by atoms with E-state index in [2.05, 4.69) is 5.10 Å². The highest BCUT2D eigenvalue weighted by molar-refractivity contribution is 7.92. The van der Waals surface area contributed by atoms with Crippen LogP contribution in [0.2, 0.25) is 0 Å². The van der Waals surface area contributed by atoms with Gasteiger partial charge in [-0.05, 0) is 73.7 Å². The molecule has 3 aromatic rings. The van der Waals surface area contributed by atoms with Gasteiger partial charge in [0.15, 0.2) is 5.60 Å². The molecule has 206 valence electrons. The Kier molecular flexibility index (Phi) is 7.61. The smallest absolute Gasteiger partial charge is 0.391 e. The second kappa shape index (κ2) is 10.3. The van der Waals surface area contributed by atoms with Gasteiger partial charge in [-0.3, -0.25) is 8.99 Å². The molecule has 0 fully saturated rings. The third-order valence-electron chi connectivity index (χ3n) is 6.89. The summed E-state index contributed by atoms with van der Waals surface area (Å²) in [5.74, 6) is -0.613. The highest BCUT2D eigenvalue weighted by atomic mass is 32.2. The zero-order chi connectivity index (χ0) is 27.9. The number of aliphatic hydroxyl groups is 2. The lowest BCUT2D eigenvalue weighted by Crippen LogP contribution is -2.45. The molecule has 2 heterocycles. The number of aromatic nitrogens is 2. The molecule has 12 heteroatoms. The Morgan fingerprint density at radius 2 is 1.82 bits per heavy atom. The van der Waals surface area contributed by atoms with Crippen molar-refractivity contribution in [1.29, 1.82) is 0 Å². The molecular formula is C26H29F4N3O4S. The molecule has 2 unspecified atom stereocenters. The number of aliphatic hydroxyl groups excluding tert-OH is 1. The first-order valence-corrected chi connectivity index (χ1v) is 13.6. The van der Waals surface area contributed by atoms with Crippen molar-refractivity contribution in [3.05, 3.63) is 77.4 Å². The molecule has 1 aliphatic rings. The number of anilines is 1. The van der Waals surface area contributed by atoms with Gasteiger partial charge in [0.2, 0.25) is 0 Å². The van der Waals surface area contributed by atoms with Crippen molar-refractivity contribution in [2.75, 3.05) is 4.31 Å². The third kappa shape index (κ3) is 5.43. The molecule has 0 aliphatic carbocycles. The van der Waals surface area contributed by atoms with E-state index in [1.54, 1.807) is 16.9 Å². The summed E-state index contributed by atoms with van der Waals surface area (Å²) in [5.41, 5.74) is -2.40. The number of rotatable bonds is 8. The van der Waals surface area contributed by atoms with Gasteiger partial charge in [-0.2, -0.15) is 18.3 Å². The van der Waals surface area contributed by atoms with Crippen molar-refractivity contribution in [1.82, 2.24) is 9.78 Å². The van der Waals surface area contributed by atoms with Gasteiger partial charge in [-0.25, -0.2) is 12.8 Å². The van der Waals surface area contributed by atoms with Crippen molar-refractivity contribution in [3.63, 3.8) is 0 Å². The minimum atomic E-state index is -4.93. The van der Waals surface area contributed by atoms with Gasteiger partial charge in [-0.1, -0.05) is 19.1 Å². The number of nitrogens with zero attached hydrogens (tertiary/aromatic N) is 3. The van der Waals surface area contributed by atoms with Gasteiger partial charge in [0.25, 0.3) is 10.0 Å². The molecule has 2 N–H and O–H groups in total. The van der Waals surface area contributed by atoms with Gasteiger partial charge in [0, 0.05) is 12.6 Å². The van der Waals surface area contributed by atoms with Crippen LogP contribution in [-0.2, 0) is 35.0 Å². The molecular weight excluding hydrogens is 526 g/mol. The summed E-state index contributed by atoms with van der Waals surface area (Å²) in [6.07, 6.45) is -2.53. The average Bonchev–Trinajstić information content (AvgIpc) is 3.29. The molecule has 0 amide bonds. The predicted molar refractivity (Wildman–Crippen MR) is 132 cm³/mol. The Labute approximate surface area is 218 Å². The normalized spacial score (nSPS) is 18.6. The van der Waals surface area contributed by atoms with Gasteiger partial charge in [0.1, 0.15) is 5.82 Å². The van der Waals surface area contributed by atoms with Crippen LogP contribution in [0.25, 0.3) is 0 Å². The summed E-state index contributed by atoms with van der Waals surface area (Å²) in [5, 5.41) is 24.5. The Morgan fingerprint density at radius 1 is 1.13 bits per heavy atom. The van der Waals surface area contributed by atoms with Crippen molar-refractivity contribution in [2.45, 2.75) is 74.9 Å². The van der Waals surface area contributed by atoms with Crippen LogP contribution in [0.4, 0.5) is 23.2 Å². The first kappa shape index (κ1) is 28.1. The molecule has 0 saturated carbocycles. The Morgan fingerprint density at radius 3 is 2.45 bits per heavy atom. The van der Waals surface area contributed by atoms with E-state index in [1.165, 1.54) is 12.1 Å². The molecule has 0 radical (unpaired) electrons. The highest BCUT2D eigenvalue weighted by Crippen LogP contribution is 2.42. The fourth-order valence-electron chi connectivity index (χ4n) is 4.53. The van der Waals surface area contributed by atoms with Crippen LogP contribution in [0.5, 0.6) is 0 Å². The first-order chi connectivity index (χ1) is 17.7. The number of hydrogen-bond donors (Lipinski definition) is 2. The average molecular weight is 556 g/mol. The van der Waals surface area contributed by atoms with Gasteiger partial charge < -0.3 is 10.2 Å². The molecule has 0 saturated heterocycles. The monoisotopic (exact) mass is 555 g/mol. The SMILES string of the molecule is CCC(O)Cn1ccc(C[C@@H]2CCc3cc(C(C)(O)C(F)(F)F)ccc3N2S(=O)(=O)c2ccc(F)cc2)n1. The van der Waals surface area contributed by atoms with E-state index in [1.807, 2.05) is 6.92 Å². The molecule has 0 spiro atoms. The van der Waals surface area contributed by atoms with Crippen molar-refractivity contribution < 1.29 is 36.2 Å². The maximum Gasteiger partial charge on any atom is 0.421 e. The van der Waals surface area contributed by atoms with E-state index in [0.717, 1.165) is 34.6 Å². The van der Waals surface area contributed by atoms with Crippen molar-refractivity contribution in [3.8, 4) is 0 Å². The number of benzene rings is 2. The topological polar surface area (TPSA) is 95.7 Å². The number of aryl methyl sites for hydroxylation is 1. The number of sulfonamides is 1. The second-order valence-electron chi connectivity index (χ2n) is 9.66. The number of hydrogen-bond acceptors (Lipinski definition) is 5. The lowest BCUT2D eigenvalue weighted by atomic mass is 9.89. The zero-order valence-corrected chi connectivity index (χ0v) is 21.7. The minimum absolute atomic E-state index is 0.167. The largest absolute Gasteiger partial charge is 0.421 e. The molecule has 0 bridgehead atoms. The quantitative estimate of drug-likeness (QED) is 0.404. The Balaban J connectivity index is 1.75. The Hall–Kier alpha value is -2.96. The zero-order valence-electron chi connectivity index (χ0n) is 20.9. The lowest BCUT2D eigenvalue weighted by molar-refractivity contribution is -0.258. The van der Waals surface area contributed by atoms with E-state index < -0.39 is 45.3 Å². The summed E-state index contributed by atoms with van der Waals surface area (Å²) in [6, 6.07) is 8.95. The van der Waals surface area contributed by atoms with Crippen LogP contribution in [0.15, 0.2) is 59.6 Å². The van der Waals surface area contributed by atoms with Gasteiger partial charge in [-0.15, -0.1) is 0 Å². The van der Waals surface area contributed by atoms with Crippen molar-refractivity contribution >= 4 is 15.7 Å². The molecule has 4 rings (SSSR count). The van der Waals surface area contributed by atoms with Crippen LogP contribution in [0.1, 0.15) is 43.5 Å². The van der Waals surface area contributed by atoms with Crippen molar-refractivity contribution in [2.24, 2.45) is 0 Å². The summed E-state index contributed by atoms with van der Waals surface area (Å²) < 4.78 is 84.3. The van der Waals surface area contributed by atoms with E-state index in [9.17, 15) is 36.2 Å². The summed E-state index contributed by atoms with van der Waals surface area (Å²) in [4.78, 5) is -0.167. The maximum atomic E-state index is 13.8. The molecule has 1 aliphatic heterocycles. The van der Waals surface area contributed by atoms with Gasteiger partial charge in [0.05, 0.1) is 35.0 Å². The fourth-order valence-corrected chi connectivity index (χ4v) is 6.25. The molecule has 2 aromatic carbocycles. The molecule has 3 atom stereocenters. The number of fused-ring (bicyclic) bond motifs is 1. The van der Waals surface area contributed by atoms with E-state index in [0.29, 0.717) is 24.6 Å². The lowest BCUT2D eigenvalue weighted by Gasteiger charge is -2.38. The fraction of sp³-hybridized carbons (Fsp3) is 0.423. The first-order valence-electron chi connectivity index (χ1n) is 12.2. The van der Waals surface area contributed by atoms with Crippen LogP contribution >= 0.6 is 0 Å². The second-order valence-corrected chi connectivity index (χ2v) is 11.5. The van der Waals surface area contributed by atoms with Crippen LogP contribution in [-0.4, -0.2) is 46.7 Å². The molecule has 7 nitrogen and oxygen atoms in total. The standard InChI is InChI=1S/C26H29F4N3O4S/c1-3-22(34)16-32-13-12-20(31-32)15-21-8-4-17-14-18(25(2,35)26(28,29)30)5-11-24(17)33(21)38(36,37)23-9-6-19(27)7-10-23/h5-7,9-14,21-22,34-35H,3-4,8,15-16H2,1-2H3/t21-,22?,25?/m0/s1. The number of halogens is 4. The van der Waals surface area contributed by atoms with Gasteiger partial charge >= 0.3 is 6.18 Å². The summed E-state index contributed by atoms with van der Waals surface area (Å²) in [6.45, 7) is 2.77. The van der Waals surface area contributed by atoms with E-state index in [-0.39, 0.29) is 36.4 Å². The Bertz CT molecular complexity index is 1390. The minimum Gasteiger partial charge on any atom is -0.391 e. The molecule has 1 aromatic heterocycles. The molecule has 38 heavy (non-hydrogen) atoms. The van der Waals surface area contributed by atoms with Crippen LogP contribution in [0, 0.1) is 5.82 Å². The third-order valence-corrected chi connectivity index (χ3v) is 8.77.